The van der Waals surface area contributed by atoms with Crippen LogP contribution in [0, 0.1) is 0 Å². The molecule has 0 radical (unpaired) electrons. The number of carbonyl (C=O) groups excluding carboxylic acids is 2. The molecule has 0 aliphatic carbocycles. The fourth-order valence-corrected chi connectivity index (χ4v) is 3.91. The standard InChI is InChI=1S/C29H33ClN2O4/c1-29(2,3)31-28(34)26(18-21-10-6-5-7-11-21)32(19-22-12-8-9-13-25(22)30)27(33)20-36-24-16-14-23(35-4)15-17-24/h5-17,26H,18-20H2,1-4H3,(H,31,34)/t26-/m1/s1. The van der Waals surface area contributed by atoms with Crippen LogP contribution in [0.1, 0.15) is 31.9 Å². The summed E-state index contributed by atoms with van der Waals surface area (Å²) < 4.78 is 11.0. The van der Waals surface area contributed by atoms with E-state index in [1.54, 1.807) is 42.3 Å². The average molecular weight is 509 g/mol. The van der Waals surface area contributed by atoms with Gasteiger partial charge in [0.05, 0.1) is 7.11 Å². The lowest BCUT2D eigenvalue weighted by Gasteiger charge is -2.34. The van der Waals surface area contributed by atoms with Crippen LogP contribution >= 0.6 is 11.6 Å². The van der Waals surface area contributed by atoms with Crippen molar-refractivity contribution in [3.63, 3.8) is 0 Å². The van der Waals surface area contributed by atoms with E-state index in [1.807, 2.05) is 69.3 Å². The third-order valence-electron chi connectivity index (χ3n) is 5.49. The zero-order valence-corrected chi connectivity index (χ0v) is 21.9. The van der Waals surface area contributed by atoms with Crippen LogP contribution in [-0.4, -0.2) is 42.0 Å². The van der Waals surface area contributed by atoms with Gasteiger partial charge in [0.2, 0.25) is 5.91 Å². The summed E-state index contributed by atoms with van der Waals surface area (Å²) in [6.07, 6.45) is 0.349. The maximum absolute atomic E-state index is 13.6. The van der Waals surface area contributed by atoms with Gasteiger partial charge in [0, 0.05) is 23.5 Å². The van der Waals surface area contributed by atoms with Crippen molar-refractivity contribution in [1.29, 1.82) is 0 Å². The summed E-state index contributed by atoms with van der Waals surface area (Å²) in [5.41, 5.74) is 1.23. The highest BCUT2D eigenvalue weighted by Gasteiger charge is 2.32. The molecule has 0 bridgehead atoms. The van der Waals surface area contributed by atoms with Gasteiger partial charge in [0.25, 0.3) is 5.91 Å². The summed E-state index contributed by atoms with van der Waals surface area (Å²) in [4.78, 5) is 28.7. The van der Waals surface area contributed by atoms with Gasteiger partial charge in [-0.1, -0.05) is 60.1 Å². The van der Waals surface area contributed by atoms with Crippen LogP contribution in [0.2, 0.25) is 5.02 Å². The number of amides is 2. The van der Waals surface area contributed by atoms with E-state index >= 15 is 0 Å². The Hall–Kier alpha value is -3.51. The molecule has 1 atom stereocenters. The fraction of sp³-hybridized carbons (Fsp3) is 0.310. The van der Waals surface area contributed by atoms with Crippen molar-refractivity contribution in [2.75, 3.05) is 13.7 Å². The van der Waals surface area contributed by atoms with E-state index in [4.69, 9.17) is 21.1 Å². The zero-order chi connectivity index (χ0) is 26.1. The SMILES string of the molecule is COc1ccc(OCC(=O)N(Cc2ccccc2Cl)[C@H](Cc2ccccc2)C(=O)NC(C)(C)C)cc1. The number of nitrogens with zero attached hydrogens (tertiary/aromatic N) is 1. The average Bonchev–Trinajstić information content (AvgIpc) is 2.85. The fourth-order valence-electron chi connectivity index (χ4n) is 3.72. The summed E-state index contributed by atoms with van der Waals surface area (Å²) in [7, 11) is 1.58. The molecule has 1 N–H and O–H groups in total. The Morgan fingerprint density at radius 3 is 2.14 bits per heavy atom. The molecule has 0 saturated heterocycles. The van der Waals surface area contributed by atoms with Crippen molar-refractivity contribution >= 4 is 23.4 Å². The van der Waals surface area contributed by atoms with E-state index < -0.39 is 11.6 Å². The van der Waals surface area contributed by atoms with E-state index in [9.17, 15) is 9.59 Å². The minimum atomic E-state index is -0.769. The Bertz CT molecular complexity index is 1140. The van der Waals surface area contributed by atoms with Gasteiger partial charge in [0.15, 0.2) is 6.61 Å². The van der Waals surface area contributed by atoms with Crippen molar-refractivity contribution < 1.29 is 19.1 Å². The number of hydrogen-bond donors (Lipinski definition) is 1. The second-order valence-corrected chi connectivity index (χ2v) is 9.93. The molecule has 0 aliphatic heterocycles. The van der Waals surface area contributed by atoms with Crippen LogP contribution in [0.25, 0.3) is 0 Å². The van der Waals surface area contributed by atoms with Gasteiger partial charge in [-0.3, -0.25) is 9.59 Å². The van der Waals surface area contributed by atoms with Crippen LogP contribution < -0.4 is 14.8 Å². The highest BCUT2D eigenvalue weighted by Crippen LogP contribution is 2.22. The van der Waals surface area contributed by atoms with Crippen LogP contribution in [0.5, 0.6) is 11.5 Å². The summed E-state index contributed by atoms with van der Waals surface area (Å²) in [6, 6.07) is 23.2. The number of hydrogen-bond acceptors (Lipinski definition) is 4. The van der Waals surface area contributed by atoms with Gasteiger partial charge >= 0.3 is 0 Å². The molecular formula is C29H33ClN2O4. The highest BCUT2D eigenvalue weighted by molar-refractivity contribution is 6.31. The molecule has 0 spiro atoms. The van der Waals surface area contributed by atoms with Crippen molar-refractivity contribution in [3.8, 4) is 11.5 Å². The Kier molecular flexibility index (Phi) is 9.37. The molecule has 7 heteroatoms. The van der Waals surface area contributed by atoms with E-state index in [0.717, 1.165) is 11.1 Å². The van der Waals surface area contributed by atoms with Crippen molar-refractivity contribution in [2.24, 2.45) is 0 Å². The number of methoxy groups -OCH3 is 1. The van der Waals surface area contributed by atoms with Crippen molar-refractivity contribution in [2.45, 2.75) is 45.3 Å². The number of benzene rings is 3. The maximum atomic E-state index is 13.6. The van der Waals surface area contributed by atoms with Gasteiger partial charge in [-0.25, -0.2) is 0 Å². The summed E-state index contributed by atoms with van der Waals surface area (Å²) in [5.74, 6) is 0.656. The molecular weight excluding hydrogens is 476 g/mol. The summed E-state index contributed by atoms with van der Waals surface area (Å²) >= 11 is 6.44. The first-order valence-electron chi connectivity index (χ1n) is 11.8. The number of rotatable bonds is 10. The van der Waals surface area contributed by atoms with Gasteiger partial charge in [-0.05, 0) is 62.2 Å². The zero-order valence-electron chi connectivity index (χ0n) is 21.2. The molecule has 0 fully saturated rings. The molecule has 2 amide bonds. The molecule has 190 valence electrons. The first-order valence-corrected chi connectivity index (χ1v) is 12.2. The molecule has 36 heavy (non-hydrogen) atoms. The molecule has 3 rings (SSSR count). The topological polar surface area (TPSA) is 67.9 Å². The Morgan fingerprint density at radius 2 is 1.53 bits per heavy atom. The van der Waals surface area contributed by atoms with Crippen LogP contribution in [0.3, 0.4) is 0 Å². The first kappa shape index (κ1) is 27.1. The maximum Gasteiger partial charge on any atom is 0.261 e. The van der Waals surface area contributed by atoms with Gasteiger partial charge in [-0.2, -0.15) is 0 Å². The molecule has 0 unspecified atom stereocenters. The monoisotopic (exact) mass is 508 g/mol. The van der Waals surface area contributed by atoms with E-state index in [1.165, 1.54) is 0 Å². The predicted molar refractivity (Wildman–Crippen MR) is 142 cm³/mol. The normalized spacial score (nSPS) is 11.9. The number of nitrogens with one attached hydrogen (secondary N) is 1. The Morgan fingerprint density at radius 1 is 0.917 bits per heavy atom. The van der Waals surface area contributed by atoms with Crippen LogP contribution in [-0.2, 0) is 22.6 Å². The van der Waals surface area contributed by atoms with Crippen molar-refractivity contribution in [3.05, 3.63) is 95.0 Å². The lowest BCUT2D eigenvalue weighted by Crippen LogP contribution is -2.55. The van der Waals surface area contributed by atoms with Crippen LogP contribution in [0.15, 0.2) is 78.9 Å². The second kappa shape index (κ2) is 12.5. The van der Waals surface area contributed by atoms with E-state index in [-0.39, 0.29) is 25.0 Å². The Balaban J connectivity index is 1.92. The first-order chi connectivity index (χ1) is 17.2. The number of ether oxygens (including phenoxy) is 2. The number of carbonyl (C=O) groups is 2. The Labute approximate surface area is 218 Å². The molecule has 3 aromatic rings. The summed E-state index contributed by atoms with van der Waals surface area (Å²) in [5, 5.41) is 3.57. The molecule has 0 aliphatic rings. The largest absolute Gasteiger partial charge is 0.497 e. The minimum Gasteiger partial charge on any atom is -0.497 e. The lowest BCUT2D eigenvalue weighted by atomic mass is 10.0. The van der Waals surface area contributed by atoms with E-state index in [0.29, 0.717) is 22.9 Å². The molecule has 0 saturated carbocycles. The predicted octanol–water partition coefficient (Wildman–Crippen LogP) is 5.28. The third kappa shape index (κ3) is 8.02. The van der Waals surface area contributed by atoms with Crippen molar-refractivity contribution in [1.82, 2.24) is 10.2 Å². The lowest BCUT2D eigenvalue weighted by molar-refractivity contribution is -0.143. The molecule has 6 nitrogen and oxygen atoms in total. The molecule has 0 aromatic heterocycles. The van der Waals surface area contributed by atoms with Gasteiger partial charge < -0.3 is 19.7 Å². The van der Waals surface area contributed by atoms with Gasteiger partial charge in [0.1, 0.15) is 17.5 Å². The van der Waals surface area contributed by atoms with Gasteiger partial charge in [-0.15, -0.1) is 0 Å². The second-order valence-electron chi connectivity index (χ2n) is 9.52. The molecule has 3 aromatic carbocycles. The van der Waals surface area contributed by atoms with Crippen LogP contribution in [0.4, 0.5) is 0 Å². The third-order valence-corrected chi connectivity index (χ3v) is 5.86. The van der Waals surface area contributed by atoms with E-state index in [2.05, 4.69) is 5.32 Å². The minimum absolute atomic E-state index is 0.166. The highest BCUT2D eigenvalue weighted by atomic mass is 35.5. The molecule has 0 heterocycles. The summed E-state index contributed by atoms with van der Waals surface area (Å²) in [6.45, 7) is 5.68. The number of halogens is 1. The quantitative estimate of drug-likeness (QED) is 0.404. The smallest absolute Gasteiger partial charge is 0.261 e.